The van der Waals surface area contributed by atoms with Gasteiger partial charge in [0, 0.05) is 38.5 Å². The maximum atomic E-state index is 13.9. The lowest BCUT2D eigenvalue weighted by Gasteiger charge is -2.29. The largest absolute Gasteiger partial charge is 0.490 e. The van der Waals surface area contributed by atoms with Crippen LogP contribution in [0.15, 0.2) is 42.9 Å². The number of amides is 1. The monoisotopic (exact) mass is 574 g/mol. The summed E-state index contributed by atoms with van der Waals surface area (Å²) in [7, 11) is 1.94. The van der Waals surface area contributed by atoms with Crippen molar-refractivity contribution in [1.82, 2.24) is 33.6 Å². The van der Waals surface area contributed by atoms with Crippen molar-refractivity contribution in [2.75, 3.05) is 26.4 Å². The third-order valence-electron chi connectivity index (χ3n) is 8.21. The maximum absolute atomic E-state index is 13.9. The Morgan fingerprint density at radius 3 is 2.83 bits per heavy atom. The third kappa shape index (κ3) is 4.69. The van der Waals surface area contributed by atoms with Crippen molar-refractivity contribution < 1.29 is 18.3 Å². The van der Waals surface area contributed by atoms with Crippen molar-refractivity contribution in [2.24, 2.45) is 18.7 Å². The van der Waals surface area contributed by atoms with E-state index in [1.54, 1.807) is 11.0 Å². The number of carbonyl (C=O) groups is 1. The standard InChI is InChI=1S/C30H32F2N8O2/c1-37-28-23(12-21-22(35-28)7-8-38(30(21)41)16-20(33)13-31)36-29(37)24-11-19-3-2-4-25(27(19)40(24)15-18-5-6-18)42-10-9-39-17-34-14-26(39)32/h2-4,11-12,14,17-18,20H,5-10,13,15-16,33H2,1H3/t20-/m1/s1. The minimum absolute atomic E-state index is 0.170. The molecule has 4 aromatic heterocycles. The lowest BCUT2D eigenvalue weighted by atomic mass is 10.0. The molecular weight excluding hydrogens is 542 g/mol. The zero-order valence-corrected chi connectivity index (χ0v) is 23.3. The molecule has 2 N–H and O–H groups in total. The third-order valence-corrected chi connectivity index (χ3v) is 8.21. The molecular formula is C30H32F2N8O2. The van der Waals surface area contributed by atoms with Gasteiger partial charge in [-0.3, -0.25) is 4.79 Å². The number of imidazole rings is 2. The van der Waals surface area contributed by atoms with Crippen molar-refractivity contribution >= 4 is 28.0 Å². The molecule has 10 nitrogen and oxygen atoms in total. The summed E-state index contributed by atoms with van der Waals surface area (Å²) in [6.07, 6.45) is 5.55. The summed E-state index contributed by atoms with van der Waals surface area (Å²) in [6.45, 7) is 1.40. The van der Waals surface area contributed by atoms with Gasteiger partial charge in [0.2, 0.25) is 5.95 Å². The highest BCUT2D eigenvalue weighted by Crippen LogP contribution is 2.39. The molecule has 7 rings (SSSR count). The van der Waals surface area contributed by atoms with Crippen LogP contribution < -0.4 is 10.5 Å². The topological polar surface area (TPSA) is 109 Å². The zero-order chi connectivity index (χ0) is 29.0. The van der Waals surface area contributed by atoms with Gasteiger partial charge in [0.05, 0.1) is 47.6 Å². The first kappa shape index (κ1) is 26.6. The number of benzene rings is 1. The van der Waals surface area contributed by atoms with Crippen molar-refractivity contribution in [2.45, 2.75) is 38.4 Å². The fourth-order valence-electron chi connectivity index (χ4n) is 5.84. The van der Waals surface area contributed by atoms with Crippen LogP contribution in [0.25, 0.3) is 33.6 Å². The van der Waals surface area contributed by atoms with Crippen LogP contribution >= 0.6 is 0 Å². The lowest BCUT2D eigenvalue weighted by Crippen LogP contribution is -2.45. The van der Waals surface area contributed by atoms with Gasteiger partial charge < -0.3 is 29.1 Å². The van der Waals surface area contributed by atoms with Gasteiger partial charge in [-0.2, -0.15) is 4.39 Å². The number of halogens is 2. The van der Waals surface area contributed by atoms with E-state index in [-0.39, 0.29) is 12.5 Å². The Labute approximate surface area is 240 Å². The molecule has 12 heteroatoms. The highest BCUT2D eigenvalue weighted by atomic mass is 19.1. The van der Waals surface area contributed by atoms with Crippen LogP contribution in [0.3, 0.4) is 0 Å². The van der Waals surface area contributed by atoms with E-state index in [1.807, 2.05) is 23.7 Å². The summed E-state index contributed by atoms with van der Waals surface area (Å²) in [4.78, 5) is 28.5. The number of nitrogens with zero attached hydrogens (tertiary/aromatic N) is 7. The van der Waals surface area contributed by atoms with E-state index < -0.39 is 18.7 Å². The maximum Gasteiger partial charge on any atom is 0.255 e. The first-order valence-electron chi connectivity index (χ1n) is 14.3. The second-order valence-corrected chi connectivity index (χ2v) is 11.3. The summed E-state index contributed by atoms with van der Waals surface area (Å²) in [5.74, 6) is 1.45. The van der Waals surface area contributed by atoms with Gasteiger partial charge in [0.25, 0.3) is 5.91 Å². The lowest BCUT2D eigenvalue weighted by molar-refractivity contribution is 0.0723. The minimum Gasteiger partial charge on any atom is -0.490 e. The second-order valence-electron chi connectivity index (χ2n) is 11.3. The molecule has 1 amide bonds. The van der Waals surface area contributed by atoms with Crippen LogP contribution in [0.4, 0.5) is 8.78 Å². The van der Waals surface area contributed by atoms with Gasteiger partial charge in [0.1, 0.15) is 24.5 Å². The zero-order valence-electron chi connectivity index (χ0n) is 23.3. The van der Waals surface area contributed by atoms with E-state index in [0.717, 1.165) is 40.4 Å². The number of rotatable bonds is 10. The number of hydrogen-bond acceptors (Lipinski definition) is 6. The Kier molecular flexibility index (Phi) is 6.64. The van der Waals surface area contributed by atoms with Crippen LogP contribution in [-0.4, -0.2) is 71.9 Å². The molecule has 1 aromatic carbocycles. The fourth-order valence-corrected chi connectivity index (χ4v) is 5.84. The molecule has 0 radical (unpaired) electrons. The van der Waals surface area contributed by atoms with E-state index in [2.05, 4.69) is 21.7 Å². The number of hydrogen-bond donors (Lipinski definition) is 1. The van der Waals surface area contributed by atoms with Gasteiger partial charge in [0.15, 0.2) is 11.5 Å². The number of ether oxygens (including phenoxy) is 1. The smallest absolute Gasteiger partial charge is 0.255 e. The predicted octanol–water partition coefficient (Wildman–Crippen LogP) is 3.71. The van der Waals surface area contributed by atoms with E-state index >= 15 is 0 Å². The molecule has 1 aliphatic carbocycles. The van der Waals surface area contributed by atoms with Crippen molar-refractivity contribution in [3.8, 4) is 17.3 Å². The van der Waals surface area contributed by atoms with Crippen LogP contribution in [0.5, 0.6) is 5.75 Å². The number of aryl methyl sites for hydroxylation is 1. The quantitative estimate of drug-likeness (QED) is 0.273. The molecule has 1 atom stereocenters. The highest BCUT2D eigenvalue weighted by Gasteiger charge is 2.30. The molecule has 1 aliphatic heterocycles. The molecule has 42 heavy (non-hydrogen) atoms. The Balaban J connectivity index is 1.26. The van der Waals surface area contributed by atoms with Gasteiger partial charge in [-0.1, -0.05) is 12.1 Å². The molecule has 0 unspecified atom stereocenters. The summed E-state index contributed by atoms with van der Waals surface area (Å²) in [5.41, 5.74) is 10.2. The summed E-state index contributed by atoms with van der Waals surface area (Å²) < 4.78 is 38.7. The molecule has 0 spiro atoms. The predicted molar refractivity (Wildman–Crippen MR) is 153 cm³/mol. The molecule has 0 saturated heterocycles. The van der Waals surface area contributed by atoms with E-state index in [4.69, 9.17) is 20.4 Å². The summed E-state index contributed by atoms with van der Waals surface area (Å²) in [5, 5.41) is 1.02. The van der Waals surface area contributed by atoms with Gasteiger partial charge in [-0.25, -0.2) is 19.3 Å². The molecule has 5 aromatic rings. The van der Waals surface area contributed by atoms with Crippen LogP contribution in [0, 0.1) is 11.9 Å². The SMILES string of the molecule is Cn1c(-c2cc3cccc(OCCn4cncc4F)c3n2CC2CC2)nc2cc3c(nc21)CCN(C[C@H](N)CF)C3=O. The minimum atomic E-state index is -0.706. The molecule has 218 valence electrons. The number of alkyl halides is 1. The van der Waals surface area contributed by atoms with Crippen LogP contribution in [0.2, 0.25) is 0 Å². The van der Waals surface area contributed by atoms with Crippen molar-refractivity contribution in [1.29, 1.82) is 0 Å². The van der Waals surface area contributed by atoms with Crippen LogP contribution in [-0.2, 0) is 26.6 Å². The number of pyridine rings is 1. The van der Waals surface area contributed by atoms with E-state index in [1.165, 1.54) is 29.9 Å². The summed E-state index contributed by atoms with van der Waals surface area (Å²) >= 11 is 0. The average molecular weight is 575 g/mol. The number of fused-ring (bicyclic) bond motifs is 3. The number of nitrogens with two attached hydrogens (primary N) is 1. The van der Waals surface area contributed by atoms with Gasteiger partial charge in [-0.15, -0.1) is 0 Å². The van der Waals surface area contributed by atoms with Crippen molar-refractivity contribution in [3.05, 3.63) is 60.1 Å². The molecule has 2 aliphatic rings. The molecule has 1 fully saturated rings. The van der Waals surface area contributed by atoms with E-state index in [9.17, 15) is 13.6 Å². The van der Waals surface area contributed by atoms with Gasteiger partial charge in [-0.05, 0) is 37.0 Å². The molecule has 0 bridgehead atoms. The fraction of sp³-hybridized carbons (Fsp3) is 0.400. The van der Waals surface area contributed by atoms with E-state index in [0.29, 0.717) is 48.8 Å². The number of aromatic nitrogens is 6. The van der Waals surface area contributed by atoms with Gasteiger partial charge >= 0.3 is 0 Å². The number of para-hydroxylation sites is 1. The first-order chi connectivity index (χ1) is 20.4. The summed E-state index contributed by atoms with van der Waals surface area (Å²) in [6, 6.07) is 9.16. The normalized spacial score (nSPS) is 16.0. The first-order valence-corrected chi connectivity index (χ1v) is 14.3. The molecule has 1 saturated carbocycles. The second kappa shape index (κ2) is 10.5. The van der Waals surface area contributed by atoms with Crippen molar-refractivity contribution in [3.63, 3.8) is 0 Å². The Hall–Kier alpha value is -4.32. The Morgan fingerprint density at radius 2 is 2.07 bits per heavy atom. The number of carbonyl (C=O) groups excluding carboxylic acids is 1. The highest BCUT2D eigenvalue weighted by molar-refractivity contribution is 5.99. The Bertz CT molecular complexity index is 1800. The average Bonchev–Trinajstić information content (AvgIpc) is 3.48. The Morgan fingerprint density at radius 1 is 1.21 bits per heavy atom. The van der Waals surface area contributed by atoms with Crippen LogP contribution in [0.1, 0.15) is 28.9 Å². The molecule has 5 heterocycles.